The van der Waals surface area contributed by atoms with Crippen LogP contribution < -0.4 is 5.56 Å². The highest BCUT2D eigenvalue weighted by Gasteiger charge is 2.23. The summed E-state index contributed by atoms with van der Waals surface area (Å²) in [5, 5.41) is 8.19. The highest BCUT2D eigenvalue weighted by Crippen LogP contribution is 2.23. The molecule has 7 heteroatoms. The van der Waals surface area contributed by atoms with E-state index in [0.29, 0.717) is 19.8 Å². The van der Waals surface area contributed by atoms with Crippen LogP contribution in [0.5, 0.6) is 0 Å². The lowest BCUT2D eigenvalue weighted by Crippen LogP contribution is -2.22. The zero-order valence-corrected chi connectivity index (χ0v) is 12.4. The molecule has 1 fully saturated rings. The number of hydrogen-bond acceptors (Lipinski definition) is 4. The van der Waals surface area contributed by atoms with E-state index in [1.165, 1.54) is 16.7 Å². The number of hydrogen-bond donors (Lipinski definition) is 0. The number of benzene rings is 1. The van der Waals surface area contributed by atoms with Crippen LogP contribution in [0.4, 0.5) is 4.39 Å². The van der Waals surface area contributed by atoms with Crippen molar-refractivity contribution in [1.82, 2.24) is 19.2 Å². The first-order chi connectivity index (χ1) is 11.2. The van der Waals surface area contributed by atoms with Crippen molar-refractivity contribution in [2.24, 2.45) is 0 Å². The molecule has 0 bridgehead atoms. The molecule has 0 aliphatic carbocycles. The summed E-state index contributed by atoms with van der Waals surface area (Å²) in [4.78, 5) is 12.6. The van der Waals surface area contributed by atoms with Gasteiger partial charge in [-0.05, 0) is 24.1 Å². The van der Waals surface area contributed by atoms with Gasteiger partial charge in [-0.1, -0.05) is 12.1 Å². The molecule has 118 valence electrons. The van der Waals surface area contributed by atoms with Crippen LogP contribution in [0.25, 0.3) is 5.65 Å². The number of nitrogens with zero attached hydrogens (tertiary/aromatic N) is 4. The summed E-state index contributed by atoms with van der Waals surface area (Å²) in [6.45, 7) is 1.60. The Morgan fingerprint density at radius 2 is 2.22 bits per heavy atom. The fourth-order valence-corrected chi connectivity index (χ4v) is 2.91. The maximum Gasteiger partial charge on any atom is 0.296 e. The molecule has 1 unspecified atom stereocenters. The Balaban J connectivity index is 1.72. The summed E-state index contributed by atoms with van der Waals surface area (Å²) in [6, 6.07) is 6.21. The second-order valence-corrected chi connectivity index (χ2v) is 5.67. The van der Waals surface area contributed by atoms with E-state index in [-0.39, 0.29) is 22.9 Å². The van der Waals surface area contributed by atoms with Crippen molar-refractivity contribution < 1.29 is 9.13 Å². The van der Waals surface area contributed by atoms with E-state index in [1.807, 2.05) is 0 Å². The zero-order valence-electron chi connectivity index (χ0n) is 12.4. The van der Waals surface area contributed by atoms with Gasteiger partial charge in [0, 0.05) is 24.9 Å². The van der Waals surface area contributed by atoms with Gasteiger partial charge in [0.15, 0.2) is 0 Å². The molecule has 4 rings (SSSR count). The van der Waals surface area contributed by atoms with Crippen LogP contribution in [0.15, 0.2) is 41.5 Å². The minimum atomic E-state index is -0.317. The molecule has 0 spiro atoms. The van der Waals surface area contributed by atoms with Gasteiger partial charge in [-0.25, -0.2) is 4.39 Å². The SMILES string of the molecule is O=c1c2nnc(C3CCOC3)n2ccn1Cc1cccc(F)c1. The molecule has 3 aromatic rings. The van der Waals surface area contributed by atoms with Crippen molar-refractivity contribution in [2.45, 2.75) is 18.9 Å². The van der Waals surface area contributed by atoms with E-state index in [1.54, 1.807) is 28.9 Å². The largest absolute Gasteiger partial charge is 0.381 e. The Labute approximate surface area is 131 Å². The normalized spacial score (nSPS) is 17.9. The predicted octanol–water partition coefficient (Wildman–Crippen LogP) is 1.58. The van der Waals surface area contributed by atoms with E-state index < -0.39 is 0 Å². The molecule has 1 aliphatic heterocycles. The summed E-state index contributed by atoms with van der Waals surface area (Å²) < 4.78 is 21.9. The molecular formula is C16H15FN4O2. The summed E-state index contributed by atoms with van der Waals surface area (Å²) in [5.74, 6) is 0.610. The van der Waals surface area contributed by atoms with Gasteiger partial charge in [0.1, 0.15) is 11.6 Å². The van der Waals surface area contributed by atoms with Gasteiger partial charge in [-0.3, -0.25) is 9.20 Å². The van der Waals surface area contributed by atoms with Crippen LogP contribution in [0, 0.1) is 5.82 Å². The molecule has 0 N–H and O–H groups in total. The molecule has 3 heterocycles. The minimum absolute atomic E-state index is 0.170. The van der Waals surface area contributed by atoms with Gasteiger partial charge in [-0.2, -0.15) is 0 Å². The summed E-state index contributed by atoms with van der Waals surface area (Å²) in [6.07, 6.45) is 4.35. The van der Waals surface area contributed by atoms with E-state index in [9.17, 15) is 9.18 Å². The first-order valence-electron chi connectivity index (χ1n) is 7.48. The zero-order chi connectivity index (χ0) is 15.8. The van der Waals surface area contributed by atoms with Crippen molar-refractivity contribution in [2.75, 3.05) is 13.2 Å². The number of rotatable bonds is 3. The number of aromatic nitrogens is 4. The number of ether oxygens (including phenoxy) is 1. The Hall–Kier alpha value is -2.54. The average molecular weight is 314 g/mol. The van der Waals surface area contributed by atoms with Crippen LogP contribution in [0.3, 0.4) is 0 Å². The molecule has 1 aliphatic rings. The topological polar surface area (TPSA) is 61.4 Å². The van der Waals surface area contributed by atoms with E-state index in [2.05, 4.69) is 10.2 Å². The third-order valence-corrected chi connectivity index (χ3v) is 4.11. The van der Waals surface area contributed by atoms with Crippen LogP contribution in [0.1, 0.15) is 23.7 Å². The van der Waals surface area contributed by atoms with Crippen molar-refractivity contribution in [3.63, 3.8) is 0 Å². The lowest BCUT2D eigenvalue weighted by atomic mass is 10.1. The smallest absolute Gasteiger partial charge is 0.296 e. The van der Waals surface area contributed by atoms with Gasteiger partial charge >= 0.3 is 0 Å². The van der Waals surface area contributed by atoms with Crippen molar-refractivity contribution in [1.29, 1.82) is 0 Å². The van der Waals surface area contributed by atoms with Crippen molar-refractivity contribution in [3.05, 3.63) is 64.2 Å². The van der Waals surface area contributed by atoms with E-state index in [0.717, 1.165) is 17.8 Å². The predicted molar refractivity (Wildman–Crippen MR) is 80.9 cm³/mol. The highest BCUT2D eigenvalue weighted by molar-refractivity contribution is 5.36. The molecule has 23 heavy (non-hydrogen) atoms. The summed E-state index contributed by atoms with van der Waals surface area (Å²) in [7, 11) is 0. The molecule has 1 aromatic carbocycles. The monoisotopic (exact) mass is 314 g/mol. The van der Waals surface area contributed by atoms with Gasteiger partial charge in [0.25, 0.3) is 5.56 Å². The molecular weight excluding hydrogens is 299 g/mol. The fourth-order valence-electron chi connectivity index (χ4n) is 2.91. The quantitative estimate of drug-likeness (QED) is 0.736. The van der Waals surface area contributed by atoms with Gasteiger partial charge in [0.05, 0.1) is 13.2 Å². The maximum atomic E-state index is 13.3. The molecule has 0 saturated carbocycles. The van der Waals surface area contributed by atoms with E-state index >= 15 is 0 Å². The summed E-state index contributed by atoms with van der Waals surface area (Å²) in [5.41, 5.74) is 0.764. The molecule has 1 saturated heterocycles. The molecule has 2 aromatic heterocycles. The van der Waals surface area contributed by atoms with Crippen molar-refractivity contribution >= 4 is 5.65 Å². The third kappa shape index (κ3) is 2.53. The minimum Gasteiger partial charge on any atom is -0.381 e. The molecule has 1 atom stereocenters. The van der Waals surface area contributed by atoms with Gasteiger partial charge in [-0.15, -0.1) is 10.2 Å². The Morgan fingerprint density at radius 1 is 1.30 bits per heavy atom. The van der Waals surface area contributed by atoms with Crippen molar-refractivity contribution in [3.8, 4) is 0 Å². The maximum absolute atomic E-state index is 13.3. The highest BCUT2D eigenvalue weighted by atomic mass is 19.1. The second kappa shape index (κ2) is 5.58. The Bertz CT molecular complexity index is 912. The average Bonchev–Trinajstić information content (AvgIpc) is 3.19. The molecule has 0 radical (unpaired) electrons. The van der Waals surface area contributed by atoms with E-state index in [4.69, 9.17) is 4.74 Å². The number of fused-ring (bicyclic) bond motifs is 1. The lowest BCUT2D eigenvalue weighted by molar-refractivity contribution is 0.193. The summed E-state index contributed by atoms with van der Waals surface area (Å²) >= 11 is 0. The lowest BCUT2D eigenvalue weighted by Gasteiger charge is -2.08. The molecule has 0 amide bonds. The second-order valence-electron chi connectivity index (χ2n) is 5.67. The Morgan fingerprint density at radius 3 is 3.00 bits per heavy atom. The third-order valence-electron chi connectivity index (χ3n) is 4.11. The first kappa shape index (κ1) is 14.1. The molecule has 6 nitrogen and oxygen atoms in total. The standard InChI is InChI=1S/C16H15FN4O2/c17-13-3-1-2-11(8-13)9-20-5-6-21-14(12-4-7-23-10-12)18-19-15(21)16(20)22/h1-3,5-6,8,12H,4,7,9-10H2. The fraction of sp³-hybridized carbons (Fsp3) is 0.312. The van der Waals surface area contributed by atoms with Crippen LogP contribution in [-0.4, -0.2) is 32.4 Å². The van der Waals surface area contributed by atoms with Crippen LogP contribution in [0.2, 0.25) is 0 Å². The van der Waals surface area contributed by atoms with Gasteiger partial charge in [0.2, 0.25) is 5.65 Å². The van der Waals surface area contributed by atoms with Crippen LogP contribution in [-0.2, 0) is 11.3 Å². The van der Waals surface area contributed by atoms with Crippen LogP contribution >= 0.6 is 0 Å². The van der Waals surface area contributed by atoms with Gasteiger partial charge < -0.3 is 9.30 Å². The number of halogens is 1. The Kier molecular flexibility index (Phi) is 3.42. The first-order valence-corrected chi connectivity index (χ1v) is 7.48.